The van der Waals surface area contributed by atoms with Gasteiger partial charge >= 0.3 is 0 Å². The molecule has 0 aliphatic carbocycles. The van der Waals surface area contributed by atoms with Crippen molar-refractivity contribution >= 4 is 17.2 Å². The fourth-order valence-corrected chi connectivity index (χ4v) is 2.18. The van der Waals surface area contributed by atoms with Gasteiger partial charge in [0, 0.05) is 0 Å². The normalized spacial score (nSPS) is 13.6. The van der Waals surface area contributed by atoms with Crippen LogP contribution >= 0.6 is 0 Å². The fraction of sp³-hybridized carbons (Fsp3) is 0.0667. The van der Waals surface area contributed by atoms with E-state index in [4.69, 9.17) is 4.74 Å². The van der Waals surface area contributed by atoms with Crippen LogP contribution in [0.15, 0.2) is 48.5 Å². The summed E-state index contributed by atoms with van der Waals surface area (Å²) in [6, 6.07) is 13.8. The molecular formula is C15H11NO3. The molecule has 0 saturated carbocycles. The molecule has 0 fully saturated rings. The summed E-state index contributed by atoms with van der Waals surface area (Å²) >= 11 is 0. The van der Waals surface area contributed by atoms with Crippen molar-refractivity contribution in [1.82, 2.24) is 0 Å². The van der Waals surface area contributed by atoms with Crippen molar-refractivity contribution in [2.45, 2.75) is 0 Å². The van der Waals surface area contributed by atoms with Crippen LogP contribution in [0.25, 0.3) is 0 Å². The predicted octanol–water partition coefficient (Wildman–Crippen LogP) is 2.52. The summed E-state index contributed by atoms with van der Waals surface area (Å²) in [6.07, 6.45) is 0. The minimum atomic E-state index is -0.251. The topological polar surface area (TPSA) is 52.4 Å². The minimum Gasteiger partial charge on any atom is -0.618 e. The number of ketones is 1. The molecule has 0 bridgehead atoms. The van der Waals surface area contributed by atoms with Gasteiger partial charge in [0.15, 0.2) is 0 Å². The number of benzene rings is 2. The van der Waals surface area contributed by atoms with Crippen LogP contribution < -0.4 is 4.74 Å². The molecule has 2 aromatic rings. The smallest absolute Gasteiger partial charge is 0.272 e. The average molecular weight is 253 g/mol. The first kappa shape index (κ1) is 11.5. The first-order valence-corrected chi connectivity index (χ1v) is 5.85. The maximum atomic E-state index is 12.3. The highest BCUT2D eigenvalue weighted by Crippen LogP contribution is 2.31. The van der Waals surface area contributed by atoms with Crippen molar-refractivity contribution in [2.24, 2.45) is 0 Å². The molecule has 0 unspecified atom stereocenters. The Labute approximate surface area is 110 Å². The highest BCUT2D eigenvalue weighted by Gasteiger charge is 2.36. The lowest BCUT2D eigenvalue weighted by atomic mass is 10.0. The zero-order valence-corrected chi connectivity index (χ0v) is 10.3. The van der Waals surface area contributed by atoms with Crippen LogP contribution in [-0.2, 0) is 0 Å². The molecule has 0 N–H and O–H groups in total. The average Bonchev–Trinajstić information content (AvgIpc) is 2.71. The van der Waals surface area contributed by atoms with Crippen molar-refractivity contribution in [3.8, 4) is 5.75 Å². The molecule has 2 aromatic carbocycles. The van der Waals surface area contributed by atoms with Crippen molar-refractivity contribution < 1.29 is 14.3 Å². The number of hydrogen-bond donors (Lipinski definition) is 0. The lowest BCUT2D eigenvalue weighted by Gasteiger charge is -2.03. The molecule has 0 amide bonds. The summed E-state index contributed by atoms with van der Waals surface area (Å²) < 4.78 is 5.75. The predicted molar refractivity (Wildman–Crippen MR) is 71.2 cm³/mol. The van der Waals surface area contributed by atoms with Gasteiger partial charge in [0.2, 0.25) is 5.69 Å². The first-order chi connectivity index (χ1) is 9.22. The lowest BCUT2D eigenvalue weighted by Crippen LogP contribution is -2.16. The second-order valence-electron chi connectivity index (χ2n) is 4.22. The molecule has 0 atom stereocenters. The number of fused-ring (bicyclic) bond motifs is 1. The van der Waals surface area contributed by atoms with Crippen LogP contribution in [0.1, 0.15) is 15.9 Å². The molecule has 0 aromatic heterocycles. The Morgan fingerprint density at radius 3 is 2.53 bits per heavy atom. The Balaban J connectivity index is 2.18. The number of rotatable bonds is 2. The molecule has 0 saturated heterocycles. The van der Waals surface area contributed by atoms with Gasteiger partial charge in [-0.05, 0) is 24.3 Å². The number of carbonyl (C=O) groups excluding carboxylic acids is 1. The Kier molecular flexibility index (Phi) is 2.56. The second-order valence-corrected chi connectivity index (χ2v) is 4.22. The van der Waals surface area contributed by atoms with E-state index in [0.717, 1.165) is 0 Å². The number of Topliss-reactive ketones (excluding diaryl/α,β-unsaturated/α-hetero) is 1. The third-order valence-corrected chi connectivity index (χ3v) is 3.13. The Hall–Kier alpha value is -2.62. The molecule has 0 spiro atoms. The molecule has 4 nitrogen and oxygen atoms in total. The Morgan fingerprint density at radius 1 is 1.11 bits per heavy atom. The van der Waals surface area contributed by atoms with E-state index in [0.29, 0.717) is 27.3 Å². The van der Waals surface area contributed by atoms with Gasteiger partial charge in [-0.15, -0.1) is 0 Å². The molecule has 3 rings (SSSR count). The van der Waals surface area contributed by atoms with E-state index in [1.165, 1.54) is 7.11 Å². The SMILES string of the molecule is COc1ccc2c(c1)[N+]([O-])=C(c1ccccc1)C2=O. The number of ether oxygens (including phenoxy) is 1. The van der Waals surface area contributed by atoms with Crippen LogP contribution in [-0.4, -0.2) is 23.3 Å². The van der Waals surface area contributed by atoms with E-state index in [9.17, 15) is 10.0 Å². The quantitative estimate of drug-likeness (QED) is 0.610. The molecule has 1 heterocycles. The molecule has 94 valence electrons. The molecule has 4 heteroatoms. The zero-order valence-electron chi connectivity index (χ0n) is 10.3. The van der Waals surface area contributed by atoms with Gasteiger partial charge in [-0.1, -0.05) is 18.2 Å². The molecule has 1 aliphatic rings. The van der Waals surface area contributed by atoms with Gasteiger partial charge in [-0.2, -0.15) is 4.74 Å². The molecule has 1 aliphatic heterocycles. The minimum absolute atomic E-state index is 0.156. The summed E-state index contributed by atoms with van der Waals surface area (Å²) in [7, 11) is 1.52. The molecule has 19 heavy (non-hydrogen) atoms. The van der Waals surface area contributed by atoms with Gasteiger partial charge in [0.1, 0.15) is 11.3 Å². The highest BCUT2D eigenvalue weighted by atomic mass is 16.5. The number of nitrogens with zero attached hydrogens (tertiary/aromatic N) is 1. The highest BCUT2D eigenvalue weighted by molar-refractivity contribution is 6.52. The van der Waals surface area contributed by atoms with Crippen LogP contribution in [0, 0.1) is 5.21 Å². The fourth-order valence-electron chi connectivity index (χ4n) is 2.18. The zero-order chi connectivity index (χ0) is 13.4. The number of carbonyl (C=O) groups is 1. The third-order valence-electron chi connectivity index (χ3n) is 3.13. The summed E-state index contributed by atoms with van der Waals surface area (Å²) in [6.45, 7) is 0. The van der Waals surface area contributed by atoms with Gasteiger partial charge in [-0.3, -0.25) is 4.79 Å². The first-order valence-electron chi connectivity index (χ1n) is 5.85. The van der Waals surface area contributed by atoms with Crippen molar-refractivity contribution in [3.05, 3.63) is 64.9 Å². The summed E-state index contributed by atoms with van der Waals surface area (Å²) in [4.78, 5) is 12.3. The van der Waals surface area contributed by atoms with Gasteiger partial charge in [0.25, 0.3) is 11.5 Å². The van der Waals surface area contributed by atoms with Gasteiger partial charge in [-0.25, -0.2) is 0 Å². The maximum Gasteiger partial charge on any atom is 0.272 e. The summed E-state index contributed by atoms with van der Waals surface area (Å²) in [5, 5.41) is 12.3. The van der Waals surface area contributed by atoms with Crippen LogP contribution in [0.3, 0.4) is 0 Å². The van der Waals surface area contributed by atoms with E-state index in [2.05, 4.69) is 0 Å². The lowest BCUT2D eigenvalue weighted by molar-refractivity contribution is -0.355. The van der Waals surface area contributed by atoms with Crippen LogP contribution in [0.5, 0.6) is 5.75 Å². The molecular weight excluding hydrogens is 242 g/mol. The molecule has 0 radical (unpaired) electrons. The number of methoxy groups -OCH3 is 1. The third kappa shape index (κ3) is 1.69. The van der Waals surface area contributed by atoms with E-state index >= 15 is 0 Å². The van der Waals surface area contributed by atoms with Crippen LogP contribution in [0.2, 0.25) is 0 Å². The Morgan fingerprint density at radius 2 is 1.84 bits per heavy atom. The summed E-state index contributed by atoms with van der Waals surface area (Å²) in [5.74, 6) is 0.306. The van der Waals surface area contributed by atoms with E-state index in [1.807, 2.05) is 6.07 Å². The maximum absolute atomic E-state index is 12.3. The van der Waals surface area contributed by atoms with Crippen molar-refractivity contribution in [1.29, 1.82) is 0 Å². The Bertz CT molecular complexity index is 690. The largest absolute Gasteiger partial charge is 0.618 e. The van der Waals surface area contributed by atoms with E-state index in [-0.39, 0.29) is 11.5 Å². The van der Waals surface area contributed by atoms with Gasteiger partial charge < -0.3 is 9.94 Å². The van der Waals surface area contributed by atoms with E-state index in [1.54, 1.807) is 42.5 Å². The van der Waals surface area contributed by atoms with Crippen LogP contribution in [0.4, 0.5) is 5.69 Å². The monoisotopic (exact) mass is 253 g/mol. The van der Waals surface area contributed by atoms with Crippen molar-refractivity contribution in [3.63, 3.8) is 0 Å². The van der Waals surface area contributed by atoms with E-state index < -0.39 is 0 Å². The standard InChI is InChI=1S/C15H11NO3/c1-19-11-7-8-12-13(9-11)16(18)14(15(12)17)10-5-3-2-4-6-10/h2-9H,1H3. The summed E-state index contributed by atoms with van der Waals surface area (Å²) in [5.41, 5.74) is 1.53. The number of hydrogen-bond acceptors (Lipinski definition) is 3. The van der Waals surface area contributed by atoms with Crippen molar-refractivity contribution in [2.75, 3.05) is 7.11 Å². The van der Waals surface area contributed by atoms with Gasteiger partial charge in [0.05, 0.1) is 18.7 Å². The second kappa shape index (κ2) is 4.24.